The van der Waals surface area contributed by atoms with Crippen molar-refractivity contribution in [3.63, 3.8) is 0 Å². The lowest BCUT2D eigenvalue weighted by Crippen LogP contribution is -2.47. The van der Waals surface area contributed by atoms with Gasteiger partial charge in [0.25, 0.3) is 5.91 Å². The highest BCUT2D eigenvalue weighted by Crippen LogP contribution is 2.25. The molecule has 1 aliphatic carbocycles. The molecule has 1 N–H and O–H groups in total. The first kappa shape index (κ1) is 19.7. The zero-order valence-corrected chi connectivity index (χ0v) is 17.7. The molecule has 6 nitrogen and oxygen atoms in total. The summed E-state index contributed by atoms with van der Waals surface area (Å²) in [6, 6.07) is 8.58. The summed E-state index contributed by atoms with van der Waals surface area (Å²) < 4.78 is 0. The normalized spacial score (nSPS) is 17.6. The molecule has 1 aliphatic heterocycles. The third-order valence-electron chi connectivity index (χ3n) is 6.24. The molecule has 1 amide bonds. The van der Waals surface area contributed by atoms with Crippen molar-refractivity contribution in [3.8, 4) is 0 Å². The molecule has 1 aromatic carbocycles. The number of carbonyl (C=O) groups excluding carboxylic acids is 1. The minimum absolute atomic E-state index is 0.0716. The molecule has 0 spiro atoms. The number of piperazine rings is 1. The van der Waals surface area contributed by atoms with Gasteiger partial charge in [-0.1, -0.05) is 25.0 Å². The van der Waals surface area contributed by atoms with Crippen LogP contribution in [0.5, 0.6) is 0 Å². The number of aryl methyl sites for hydroxylation is 2. The molecule has 1 saturated carbocycles. The van der Waals surface area contributed by atoms with Crippen LogP contribution in [0.25, 0.3) is 0 Å². The topological polar surface area (TPSA) is 61.4 Å². The lowest BCUT2D eigenvalue weighted by molar-refractivity contribution is 0.0932. The van der Waals surface area contributed by atoms with E-state index in [-0.39, 0.29) is 5.91 Å². The van der Waals surface area contributed by atoms with Gasteiger partial charge >= 0.3 is 0 Å². The molecular weight excluding hydrogens is 362 g/mol. The van der Waals surface area contributed by atoms with E-state index in [9.17, 15) is 4.79 Å². The fourth-order valence-electron chi connectivity index (χ4n) is 4.37. The molecule has 2 heterocycles. The van der Waals surface area contributed by atoms with Crippen molar-refractivity contribution in [2.75, 3.05) is 36.0 Å². The van der Waals surface area contributed by atoms with Gasteiger partial charge in [0.2, 0.25) is 5.95 Å². The SMILES string of the molecule is Cc1cc(C(=O)NC2CCCC2)nc(N2CCN(c3cccc(C)c3C)CC2)n1. The van der Waals surface area contributed by atoms with Crippen LogP contribution < -0.4 is 15.1 Å². The molecule has 4 rings (SSSR count). The molecule has 6 heteroatoms. The van der Waals surface area contributed by atoms with Gasteiger partial charge in [0, 0.05) is 43.6 Å². The second kappa shape index (κ2) is 8.39. The molecule has 0 unspecified atom stereocenters. The molecule has 0 atom stereocenters. The Morgan fingerprint density at radius 2 is 1.69 bits per heavy atom. The summed E-state index contributed by atoms with van der Waals surface area (Å²) in [5.41, 5.74) is 5.30. The molecule has 2 fully saturated rings. The Kier molecular flexibility index (Phi) is 5.69. The van der Waals surface area contributed by atoms with Crippen LogP contribution in [0.2, 0.25) is 0 Å². The van der Waals surface area contributed by atoms with Gasteiger partial charge in [-0.15, -0.1) is 0 Å². The number of hydrogen-bond acceptors (Lipinski definition) is 5. The lowest BCUT2D eigenvalue weighted by Gasteiger charge is -2.37. The van der Waals surface area contributed by atoms with Crippen LogP contribution in [0, 0.1) is 20.8 Å². The second-order valence-corrected chi connectivity index (χ2v) is 8.34. The molecule has 0 radical (unpaired) electrons. The van der Waals surface area contributed by atoms with Crippen molar-refractivity contribution in [1.82, 2.24) is 15.3 Å². The van der Waals surface area contributed by atoms with Crippen molar-refractivity contribution >= 4 is 17.5 Å². The van der Waals surface area contributed by atoms with Crippen LogP contribution in [-0.4, -0.2) is 48.1 Å². The van der Waals surface area contributed by atoms with Gasteiger partial charge in [-0.05, 0) is 56.9 Å². The van der Waals surface area contributed by atoms with E-state index < -0.39 is 0 Å². The lowest BCUT2D eigenvalue weighted by atomic mass is 10.1. The highest BCUT2D eigenvalue weighted by Gasteiger charge is 2.23. The van der Waals surface area contributed by atoms with Crippen LogP contribution in [-0.2, 0) is 0 Å². The standard InChI is InChI=1S/C23H31N5O/c1-16-7-6-10-21(18(16)3)27-11-13-28(14-12-27)23-24-17(2)15-20(26-23)22(29)25-19-8-4-5-9-19/h6-7,10,15,19H,4-5,8-9,11-14H2,1-3H3,(H,25,29). The smallest absolute Gasteiger partial charge is 0.270 e. The van der Waals surface area contributed by atoms with Gasteiger partial charge in [0.05, 0.1) is 0 Å². The molecule has 1 aromatic heterocycles. The van der Waals surface area contributed by atoms with Crippen molar-refractivity contribution in [3.05, 3.63) is 46.8 Å². The average molecular weight is 394 g/mol. The van der Waals surface area contributed by atoms with Gasteiger partial charge in [-0.3, -0.25) is 4.79 Å². The molecule has 154 valence electrons. The van der Waals surface area contributed by atoms with Crippen LogP contribution in [0.3, 0.4) is 0 Å². The number of carbonyl (C=O) groups is 1. The number of anilines is 2. The number of aromatic nitrogens is 2. The second-order valence-electron chi connectivity index (χ2n) is 8.34. The first-order valence-electron chi connectivity index (χ1n) is 10.7. The van der Waals surface area contributed by atoms with E-state index in [4.69, 9.17) is 0 Å². The number of benzene rings is 1. The zero-order chi connectivity index (χ0) is 20.4. The minimum atomic E-state index is -0.0716. The van der Waals surface area contributed by atoms with E-state index >= 15 is 0 Å². The summed E-state index contributed by atoms with van der Waals surface area (Å²) in [5, 5.41) is 3.14. The summed E-state index contributed by atoms with van der Waals surface area (Å²) in [7, 11) is 0. The summed E-state index contributed by atoms with van der Waals surface area (Å²) in [4.78, 5) is 26.5. The Balaban J connectivity index is 1.44. The van der Waals surface area contributed by atoms with Crippen LogP contribution in [0.4, 0.5) is 11.6 Å². The Hall–Kier alpha value is -2.63. The Morgan fingerprint density at radius 3 is 2.41 bits per heavy atom. The molecule has 2 aromatic rings. The first-order valence-corrected chi connectivity index (χ1v) is 10.7. The van der Waals surface area contributed by atoms with Crippen molar-refractivity contribution in [2.45, 2.75) is 52.5 Å². The molecule has 0 bridgehead atoms. The zero-order valence-electron chi connectivity index (χ0n) is 17.7. The maximum Gasteiger partial charge on any atom is 0.270 e. The van der Waals surface area contributed by atoms with E-state index in [1.54, 1.807) is 6.07 Å². The average Bonchev–Trinajstić information content (AvgIpc) is 3.23. The highest BCUT2D eigenvalue weighted by atomic mass is 16.1. The number of amides is 1. The Labute approximate surface area is 173 Å². The molecule has 1 saturated heterocycles. The highest BCUT2D eigenvalue weighted by molar-refractivity contribution is 5.92. The van der Waals surface area contributed by atoms with Crippen molar-refractivity contribution in [1.29, 1.82) is 0 Å². The maximum absolute atomic E-state index is 12.7. The number of rotatable bonds is 4. The third-order valence-corrected chi connectivity index (χ3v) is 6.24. The first-order chi connectivity index (χ1) is 14.0. The molecule has 2 aliphatic rings. The third kappa shape index (κ3) is 4.36. The minimum Gasteiger partial charge on any atom is -0.368 e. The monoisotopic (exact) mass is 393 g/mol. The van der Waals surface area contributed by atoms with E-state index in [0.717, 1.165) is 44.7 Å². The van der Waals surface area contributed by atoms with E-state index in [0.29, 0.717) is 17.7 Å². The molecule has 29 heavy (non-hydrogen) atoms. The predicted molar refractivity (Wildman–Crippen MR) is 117 cm³/mol. The van der Waals surface area contributed by atoms with Crippen molar-refractivity contribution in [2.24, 2.45) is 0 Å². The summed E-state index contributed by atoms with van der Waals surface area (Å²) in [6.45, 7) is 9.82. The Bertz CT molecular complexity index is 883. The Morgan fingerprint density at radius 1 is 1.00 bits per heavy atom. The number of nitrogens with zero attached hydrogens (tertiary/aromatic N) is 4. The van der Waals surface area contributed by atoms with Crippen molar-refractivity contribution < 1.29 is 4.79 Å². The largest absolute Gasteiger partial charge is 0.368 e. The fraction of sp³-hybridized carbons (Fsp3) is 0.522. The van der Waals surface area contributed by atoms with E-state index in [2.05, 4.69) is 57.1 Å². The summed E-state index contributed by atoms with van der Waals surface area (Å²) in [5.74, 6) is 0.597. The van der Waals surface area contributed by atoms with Gasteiger partial charge in [-0.25, -0.2) is 9.97 Å². The molecular formula is C23H31N5O. The van der Waals surface area contributed by atoms with Crippen LogP contribution in [0.15, 0.2) is 24.3 Å². The van der Waals surface area contributed by atoms with E-state index in [1.165, 1.54) is 29.7 Å². The van der Waals surface area contributed by atoms with Gasteiger partial charge in [0.15, 0.2) is 0 Å². The quantitative estimate of drug-likeness (QED) is 0.863. The fourth-order valence-corrected chi connectivity index (χ4v) is 4.37. The summed E-state index contributed by atoms with van der Waals surface area (Å²) in [6.07, 6.45) is 4.54. The predicted octanol–water partition coefficient (Wildman–Crippen LogP) is 3.40. The van der Waals surface area contributed by atoms with Crippen LogP contribution in [0.1, 0.15) is 53.0 Å². The summed E-state index contributed by atoms with van der Waals surface area (Å²) >= 11 is 0. The van der Waals surface area contributed by atoms with Crippen LogP contribution >= 0.6 is 0 Å². The van der Waals surface area contributed by atoms with Gasteiger partial charge in [-0.2, -0.15) is 0 Å². The van der Waals surface area contributed by atoms with Gasteiger partial charge in [0.1, 0.15) is 5.69 Å². The van der Waals surface area contributed by atoms with E-state index in [1.807, 2.05) is 6.92 Å². The number of hydrogen-bond donors (Lipinski definition) is 1. The number of nitrogens with one attached hydrogen (secondary N) is 1. The maximum atomic E-state index is 12.7. The van der Waals surface area contributed by atoms with Gasteiger partial charge < -0.3 is 15.1 Å².